The number of rotatable bonds is 3. The van der Waals surface area contributed by atoms with Crippen LogP contribution >= 0.6 is 11.6 Å². The molecule has 17 heavy (non-hydrogen) atoms. The third-order valence-corrected chi connectivity index (χ3v) is 3.00. The van der Waals surface area contributed by atoms with Crippen molar-refractivity contribution < 1.29 is 4.39 Å². The summed E-state index contributed by atoms with van der Waals surface area (Å²) in [4.78, 5) is 0. The highest BCUT2D eigenvalue weighted by atomic mass is 35.5. The number of aromatic nitrogens is 2. The molecule has 0 fully saturated rings. The van der Waals surface area contributed by atoms with Gasteiger partial charge in [-0.05, 0) is 24.6 Å². The predicted octanol–water partition coefficient (Wildman–Crippen LogP) is 2.53. The number of hydrogen-bond donors (Lipinski definition) is 1. The van der Waals surface area contributed by atoms with E-state index < -0.39 is 0 Å². The second kappa shape index (κ2) is 4.85. The zero-order valence-corrected chi connectivity index (χ0v) is 10.2. The van der Waals surface area contributed by atoms with Crippen LogP contribution in [0.15, 0.2) is 30.5 Å². The van der Waals surface area contributed by atoms with Crippen molar-refractivity contribution >= 4 is 11.6 Å². The lowest BCUT2D eigenvalue weighted by Gasteiger charge is -2.15. The van der Waals surface area contributed by atoms with Crippen LogP contribution in [-0.4, -0.2) is 16.3 Å². The lowest BCUT2D eigenvalue weighted by atomic mass is 10.1. The molecular formula is C12H13ClFN3. The summed E-state index contributed by atoms with van der Waals surface area (Å²) in [5.41, 5.74) is 7.24. The highest BCUT2D eigenvalue weighted by Gasteiger charge is 2.15. The Balaban J connectivity index is 2.39. The van der Waals surface area contributed by atoms with Crippen molar-refractivity contribution in [2.75, 3.05) is 6.54 Å². The first-order valence-electron chi connectivity index (χ1n) is 5.28. The number of benzene rings is 1. The number of hydrogen-bond acceptors (Lipinski definition) is 2. The first-order valence-corrected chi connectivity index (χ1v) is 5.66. The van der Waals surface area contributed by atoms with Crippen molar-refractivity contribution in [2.24, 2.45) is 5.73 Å². The molecule has 1 heterocycles. The van der Waals surface area contributed by atoms with Crippen molar-refractivity contribution in [3.05, 3.63) is 52.6 Å². The van der Waals surface area contributed by atoms with Gasteiger partial charge in [0.25, 0.3) is 0 Å². The maximum atomic E-state index is 13.2. The zero-order valence-electron chi connectivity index (χ0n) is 9.40. The Morgan fingerprint density at radius 3 is 2.82 bits per heavy atom. The van der Waals surface area contributed by atoms with Crippen molar-refractivity contribution in [3.63, 3.8) is 0 Å². The Hall–Kier alpha value is -1.39. The summed E-state index contributed by atoms with van der Waals surface area (Å²) in [7, 11) is 0. The van der Waals surface area contributed by atoms with Crippen molar-refractivity contribution in [2.45, 2.75) is 13.0 Å². The Bertz CT molecular complexity index is 505. The van der Waals surface area contributed by atoms with Crippen LogP contribution in [-0.2, 0) is 0 Å². The topological polar surface area (TPSA) is 43.8 Å². The highest BCUT2D eigenvalue weighted by molar-refractivity contribution is 6.31. The van der Waals surface area contributed by atoms with Crippen LogP contribution in [0.5, 0.6) is 0 Å². The minimum atomic E-state index is -0.282. The minimum absolute atomic E-state index is 0.197. The molecule has 0 amide bonds. The summed E-state index contributed by atoms with van der Waals surface area (Å²) in [5.74, 6) is -0.282. The average molecular weight is 254 g/mol. The Morgan fingerprint density at radius 1 is 1.53 bits per heavy atom. The Labute approximate surface area is 104 Å². The Kier molecular flexibility index (Phi) is 3.45. The third-order valence-electron chi connectivity index (χ3n) is 2.63. The molecule has 0 aliphatic rings. The predicted molar refractivity (Wildman–Crippen MR) is 65.6 cm³/mol. The molecule has 5 heteroatoms. The second-order valence-electron chi connectivity index (χ2n) is 3.85. The van der Waals surface area contributed by atoms with Gasteiger partial charge in [0.1, 0.15) is 5.82 Å². The van der Waals surface area contributed by atoms with E-state index in [1.165, 1.54) is 12.1 Å². The van der Waals surface area contributed by atoms with E-state index in [9.17, 15) is 4.39 Å². The largest absolute Gasteiger partial charge is 0.328 e. The molecule has 2 rings (SSSR count). The van der Waals surface area contributed by atoms with Crippen LogP contribution in [0.2, 0.25) is 5.02 Å². The van der Waals surface area contributed by atoms with E-state index in [2.05, 4.69) is 5.10 Å². The summed E-state index contributed by atoms with van der Waals surface area (Å²) in [6.45, 7) is 2.15. The van der Waals surface area contributed by atoms with E-state index in [1.54, 1.807) is 16.9 Å². The van der Waals surface area contributed by atoms with E-state index in [1.807, 2.05) is 13.0 Å². The standard InChI is InChI=1S/C12H13ClFN3/c1-8-11(13)7-17(16-8)12(6-15)9-3-2-4-10(14)5-9/h2-5,7,12H,6,15H2,1H3. The molecular weight excluding hydrogens is 241 g/mol. The maximum Gasteiger partial charge on any atom is 0.123 e. The quantitative estimate of drug-likeness (QED) is 0.914. The van der Waals surface area contributed by atoms with Crippen molar-refractivity contribution in [1.29, 1.82) is 0 Å². The van der Waals surface area contributed by atoms with Crippen LogP contribution < -0.4 is 5.73 Å². The normalized spacial score (nSPS) is 12.7. The molecule has 0 bridgehead atoms. The first-order chi connectivity index (χ1) is 8.11. The minimum Gasteiger partial charge on any atom is -0.328 e. The summed E-state index contributed by atoms with van der Waals surface area (Å²) in [5, 5.41) is 4.85. The molecule has 1 aromatic carbocycles. The molecule has 0 aliphatic heterocycles. The highest BCUT2D eigenvalue weighted by Crippen LogP contribution is 2.21. The van der Waals surface area contributed by atoms with E-state index >= 15 is 0 Å². The SMILES string of the molecule is Cc1nn(C(CN)c2cccc(F)c2)cc1Cl. The molecule has 2 aromatic rings. The molecule has 0 saturated heterocycles. The van der Waals surface area contributed by atoms with Gasteiger partial charge in [0.2, 0.25) is 0 Å². The fourth-order valence-electron chi connectivity index (χ4n) is 1.73. The van der Waals surface area contributed by atoms with Crippen LogP contribution in [0, 0.1) is 12.7 Å². The fraction of sp³-hybridized carbons (Fsp3) is 0.250. The lowest BCUT2D eigenvalue weighted by molar-refractivity contribution is 0.524. The smallest absolute Gasteiger partial charge is 0.123 e. The van der Waals surface area contributed by atoms with Gasteiger partial charge < -0.3 is 5.73 Å². The Morgan fingerprint density at radius 2 is 2.29 bits per heavy atom. The summed E-state index contributed by atoms with van der Waals surface area (Å²) < 4.78 is 14.8. The number of nitrogens with two attached hydrogens (primary N) is 1. The maximum absolute atomic E-state index is 13.2. The monoisotopic (exact) mass is 253 g/mol. The fourth-order valence-corrected chi connectivity index (χ4v) is 1.87. The van der Waals surface area contributed by atoms with E-state index in [4.69, 9.17) is 17.3 Å². The molecule has 0 aliphatic carbocycles. The van der Waals surface area contributed by atoms with Crippen LogP contribution in [0.1, 0.15) is 17.3 Å². The number of aryl methyl sites for hydroxylation is 1. The van der Waals surface area contributed by atoms with Gasteiger partial charge in [-0.15, -0.1) is 0 Å². The summed E-state index contributed by atoms with van der Waals surface area (Å²) in [6, 6.07) is 6.15. The van der Waals surface area contributed by atoms with Gasteiger partial charge in [-0.3, -0.25) is 4.68 Å². The van der Waals surface area contributed by atoms with Gasteiger partial charge in [-0.1, -0.05) is 23.7 Å². The van der Waals surface area contributed by atoms with E-state index in [0.717, 1.165) is 11.3 Å². The molecule has 90 valence electrons. The molecule has 3 nitrogen and oxygen atoms in total. The number of halogens is 2. The molecule has 1 atom stereocenters. The second-order valence-corrected chi connectivity index (χ2v) is 4.26. The summed E-state index contributed by atoms with van der Waals surface area (Å²) >= 11 is 5.95. The summed E-state index contributed by atoms with van der Waals surface area (Å²) in [6.07, 6.45) is 1.71. The van der Waals surface area contributed by atoms with Crippen LogP contribution in [0.4, 0.5) is 4.39 Å². The van der Waals surface area contributed by atoms with Gasteiger partial charge in [0.05, 0.1) is 16.8 Å². The molecule has 1 aromatic heterocycles. The van der Waals surface area contributed by atoms with Gasteiger partial charge in [0, 0.05) is 12.7 Å². The molecule has 0 spiro atoms. The van der Waals surface area contributed by atoms with Crippen LogP contribution in [0.25, 0.3) is 0 Å². The van der Waals surface area contributed by atoms with Crippen molar-refractivity contribution in [1.82, 2.24) is 9.78 Å². The van der Waals surface area contributed by atoms with E-state index in [0.29, 0.717) is 11.6 Å². The molecule has 1 unspecified atom stereocenters. The van der Waals surface area contributed by atoms with Crippen LogP contribution in [0.3, 0.4) is 0 Å². The van der Waals surface area contributed by atoms with Crippen molar-refractivity contribution in [3.8, 4) is 0 Å². The molecule has 2 N–H and O–H groups in total. The van der Waals surface area contributed by atoms with E-state index in [-0.39, 0.29) is 11.9 Å². The van der Waals surface area contributed by atoms with Gasteiger partial charge >= 0.3 is 0 Å². The lowest BCUT2D eigenvalue weighted by Crippen LogP contribution is -2.21. The zero-order chi connectivity index (χ0) is 12.4. The van der Waals surface area contributed by atoms with Gasteiger partial charge in [0.15, 0.2) is 0 Å². The number of nitrogens with zero attached hydrogens (tertiary/aromatic N) is 2. The average Bonchev–Trinajstić information content (AvgIpc) is 2.60. The first kappa shape index (κ1) is 12.1. The third kappa shape index (κ3) is 2.48. The van der Waals surface area contributed by atoms with Gasteiger partial charge in [-0.25, -0.2) is 4.39 Å². The van der Waals surface area contributed by atoms with Gasteiger partial charge in [-0.2, -0.15) is 5.10 Å². The molecule has 0 radical (unpaired) electrons. The molecule has 0 saturated carbocycles.